The first-order valence-corrected chi connectivity index (χ1v) is 7.78. The van der Waals surface area contributed by atoms with Crippen LogP contribution < -0.4 is 5.32 Å². The minimum Gasteiger partial charge on any atom is -0.465 e. The molecule has 1 aromatic rings. The Morgan fingerprint density at radius 1 is 1.38 bits per heavy atom. The number of benzene rings is 1. The van der Waals surface area contributed by atoms with E-state index in [2.05, 4.69) is 10.1 Å². The molecule has 0 aliphatic carbocycles. The number of nitrogens with zero attached hydrogens (tertiary/aromatic N) is 1. The molecular formula is C13H19ClN2O4S. The highest BCUT2D eigenvalue weighted by Gasteiger charge is 2.32. The van der Waals surface area contributed by atoms with Crippen LogP contribution in [0.25, 0.3) is 0 Å². The molecule has 1 fully saturated rings. The molecule has 1 aliphatic rings. The molecule has 1 saturated heterocycles. The molecule has 1 aromatic carbocycles. The summed E-state index contributed by atoms with van der Waals surface area (Å²) >= 11 is 0. The van der Waals surface area contributed by atoms with Gasteiger partial charge in [-0.25, -0.2) is 13.2 Å². The number of halogens is 1. The van der Waals surface area contributed by atoms with E-state index in [0.29, 0.717) is 6.54 Å². The Kier molecular flexibility index (Phi) is 6.15. The van der Waals surface area contributed by atoms with Gasteiger partial charge in [-0.15, -0.1) is 12.4 Å². The van der Waals surface area contributed by atoms with Crippen LogP contribution in [-0.4, -0.2) is 52.0 Å². The van der Waals surface area contributed by atoms with E-state index in [-0.39, 0.29) is 28.9 Å². The second-order valence-corrected chi connectivity index (χ2v) is 6.62. The summed E-state index contributed by atoms with van der Waals surface area (Å²) < 4.78 is 31.3. The second-order valence-electron chi connectivity index (χ2n) is 4.66. The Balaban J connectivity index is 0.00000220. The fraction of sp³-hybridized carbons (Fsp3) is 0.462. The van der Waals surface area contributed by atoms with Crippen molar-refractivity contribution in [2.24, 2.45) is 0 Å². The normalized spacial score (nSPS) is 18.3. The minimum atomic E-state index is -3.72. The van der Waals surface area contributed by atoms with E-state index >= 15 is 0 Å². The van der Waals surface area contributed by atoms with Crippen molar-refractivity contribution in [1.82, 2.24) is 9.62 Å². The zero-order valence-electron chi connectivity index (χ0n) is 11.9. The van der Waals surface area contributed by atoms with Gasteiger partial charge in [-0.1, -0.05) is 12.1 Å². The maximum Gasteiger partial charge on any atom is 0.339 e. The molecule has 0 aromatic heterocycles. The number of methoxy groups -OCH3 is 1. The Bertz CT molecular complexity index is 600. The molecule has 0 radical (unpaired) electrons. The van der Waals surface area contributed by atoms with E-state index in [0.717, 1.165) is 13.0 Å². The van der Waals surface area contributed by atoms with E-state index < -0.39 is 16.0 Å². The molecule has 1 atom stereocenters. The maximum absolute atomic E-state index is 12.7. The third-order valence-electron chi connectivity index (χ3n) is 3.50. The summed E-state index contributed by atoms with van der Waals surface area (Å²) in [4.78, 5) is 11.7. The van der Waals surface area contributed by atoms with Gasteiger partial charge in [0.15, 0.2) is 0 Å². The van der Waals surface area contributed by atoms with Crippen molar-refractivity contribution in [1.29, 1.82) is 0 Å². The smallest absolute Gasteiger partial charge is 0.339 e. The first-order valence-electron chi connectivity index (χ1n) is 6.34. The fourth-order valence-corrected chi connectivity index (χ4v) is 3.83. The summed E-state index contributed by atoms with van der Waals surface area (Å²) in [5.74, 6) is -0.651. The van der Waals surface area contributed by atoms with E-state index in [1.807, 2.05) is 0 Å². The predicted octanol–water partition coefficient (Wildman–Crippen LogP) is 0.877. The van der Waals surface area contributed by atoms with Gasteiger partial charge in [0.1, 0.15) is 0 Å². The number of hydrogen-bond acceptors (Lipinski definition) is 5. The number of rotatable bonds is 4. The summed E-state index contributed by atoms with van der Waals surface area (Å²) in [6.07, 6.45) is 0.760. The van der Waals surface area contributed by atoms with Crippen LogP contribution in [0, 0.1) is 0 Å². The number of nitrogens with one attached hydrogen (secondary N) is 1. The standard InChI is InChI=1S/C13H18N2O4S.ClH/c1-15(10-7-8-14-9-10)20(17,18)12-6-4-3-5-11(12)13(16)19-2;/h3-6,10,14H,7-9H2,1-2H3;1H. The summed E-state index contributed by atoms with van der Waals surface area (Å²) in [6, 6.07) is 6.01. The van der Waals surface area contributed by atoms with E-state index in [4.69, 9.17) is 0 Å². The Morgan fingerprint density at radius 2 is 2.05 bits per heavy atom. The van der Waals surface area contributed by atoms with Gasteiger partial charge in [0, 0.05) is 19.6 Å². The Hall–Kier alpha value is -1.15. The molecule has 1 heterocycles. The fourth-order valence-electron chi connectivity index (χ4n) is 2.27. The van der Waals surface area contributed by atoms with Gasteiger partial charge < -0.3 is 10.1 Å². The highest BCUT2D eigenvalue weighted by atomic mass is 35.5. The van der Waals surface area contributed by atoms with Crippen molar-refractivity contribution in [3.8, 4) is 0 Å². The van der Waals surface area contributed by atoms with Gasteiger partial charge in [-0.2, -0.15) is 4.31 Å². The van der Waals surface area contributed by atoms with Crippen LogP contribution in [0.5, 0.6) is 0 Å². The third-order valence-corrected chi connectivity index (χ3v) is 5.47. The lowest BCUT2D eigenvalue weighted by Gasteiger charge is -2.24. The Morgan fingerprint density at radius 3 is 2.62 bits per heavy atom. The average molecular weight is 335 g/mol. The van der Waals surface area contributed by atoms with Crippen molar-refractivity contribution in [3.05, 3.63) is 29.8 Å². The number of sulfonamides is 1. The number of hydrogen-bond donors (Lipinski definition) is 1. The molecule has 21 heavy (non-hydrogen) atoms. The van der Waals surface area contributed by atoms with Gasteiger partial charge >= 0.3 is 5.97 Å². The second kappa shape index (κ2) is 7.22. The number of ether oxygens (including phenoxy) is 1. The maximum atomic E-state index is 12.7. The number of likely N-dealkylation sites (N-methyl/N-ethyl adjacent to an activating group) is 1. The lowest BCUT2D eigenvalue weighted by atomic mass is 10.2. The summed E-state index contributed by atoms with van der Waals surface area (Å²) in [5, 5.41) is 3.13. The topological polar surface area (TPSA) is 75.7 Å². The molecule has 1 N–H and O–H groups in total. The summed E-state index contributed by atoms with van der Waals surface area (Å²) in [5.41, 5.74) is 0.0628. The summed E-state index contributed by atoms with van der Waals surface area (Å²) in [6.45, 7) is 1.42. The number of carbonyl (C=O) groups excluding carboxylic acids is 1. The summed E-state index contributed by atoms with van der Waals surface area (Å²) in [7, 11) is -0.940. The van der Waals surface area contributed by atoms with Gasteiger partial charge in [-0.3, -0.25) is 0 Å². The molecule has 6 nitrogen and oxygen atoms in total. The number of esters is 1. The minimum absolute atomic E-state index is 0. The van der Waals surface area contributed by atoms with Crippen LogP contribution >= 0.6 is 12.4 Å². The molecule has 0 spiro atoms. The largest absolute Gasteiger partial charge is 0.465 e. The zero-order chi connectivity index (χ0) is 14.8. The monoisotopic (exact) mass is 334 g/mol. The van der Waals surface area contributed by atoms with Crippen molar-refractivity contribution in [2.75, 3.05) is 27.2 Å². The van der Waals surface area contributed by atoms with Crippen molar-refractivity contribution in [2.45, 2.75) is 17.4 Å². The van der Waals surface area contributed by atoms with Gasteiger partial charge in [0.2, 0.25) is 10.0 Å². The zero-order valence-corrected chi connectivity index (χ0v) is 13.5. The van der Waals surface area contributed by atoms with Crippen LogP contribution in [0.15, 0.2) is 29.2 Å². The predicted molar refractivity (Wildman–Crippen MR) is 81.3 cm³/mol. The highest BCUT2D eigenvalue weighted by molar-refractivity contribution is 7.89. The molecule has 8 heteroatoms. The molecule has 1 unspecified atom stereocenters. The highest BCUT2D eigenvalue weighted by Crippen LogP contribution is 2.23. The SMILES string of the molecule is COC(=O)c1ccccc1S(=O)(=O)N(C)C1CCNC1.Cl. The van der Waals surface area contributed by atoms with Crippen LogP contribution in [0.2, 0.25) is 0 Å². The van der Waals surface area contributed by atoms with E-state index in [1.54, 1.807) is 19.2 Å². The van der Waals surface area contributed by atoms with E-state index in [1.165, 1.54) is 23.5 Å². The van der Waals surface area contributed by atoms with Crippen molar-refractivity contribution in [3.63, 3.8) is 0 Å². The van der Waals surface area contributed by atoms with Gasteiger partial charge in [0.25, 0.3) is 0 Å². The van der Waals surface area contributed by atoms with Crippen molar-refractivity contribution >= 4 is 28.4 Å². The van der Waals surface area contributed by atoms with E-state index in [9.17, 15) is 13.2 Å². The van der Waals surface area contributed by atoms with Crippen LogP contribution in [-0.2, 0) is 14.8 Å². The van der Waals surface area contributed by atoms with Crippen LogP contribution in [0.4, 0.5) is 0 Å². The van der Waals surface area contributed by atoms with Gasteiger partial charge in [0.05, 0.1) is 17.6 Å². The van der Waals surface area contributed by atoms with Crippen molar-refractivity contribution < 1.29 is 17.9 Å². The van der Waals surface area contributed by atoms with Crippen LogP contribution in [0.3, 0.4) is 0 Å². The average Bonchev–Trinajstić information content (AvgIpc) is 2.99. The molecule has 0 bridgehead atoms. The lowest BCUT2D eigenvalue weighted by molar-refractivity contribution is 0.0596. The quantitative estimate of drug-likeness (QED) is 0.827. The van der Waals surface area contributed by atoms with Gasteiger partial charge in [-0.05, 0) is 25.1 Å². The van der Waals surface area contributed by atoms with Crippen LogP contribution in [0.1, 0.15) is 16.8 Å². The number of carbonyl (C=O) groups is 1. The molecule has 1 aliphatic heterocycles. The molecular weight excluding hydrogens is 316 g/mol. The Labute approximate surface area is 130 Å². The third kappa shape index (κ3) is 3.55. The molecule has 2 rings (SSSR count). The molecule has 0 saturated carbocycles. The first kappa shape index (κ1) is 17.9. The lowest BCUT2D eigenvalue weighted by Crippen LogP contribution is -2.38. The molecule has 118 valence electrons. The molecule has 0 amide bonds. The first-order chi connectivity index (χ1) is 9.48.